The van der Waals surface area contributed by atoms with E-state index < -0.39 is 5.97 Å². The molecule has 1 N–H and O–H groups in total. The Morgan fingerprint density at radius 2 is 1.15 bits per heavy atom. The fourth-order valence-electron chi connectivity index (χ4n) is 3.83. The zero-order chi connectivity index (χ0) is 23.5. The number of esters is 1. The third-order valence-corrected chi connectivity index (χ3v) is 8.19. The topological polar surface area (TPSA) is 46.5 Å². The zero-order valence-corrected chi connectivity index (χ0v) is 20.1. The number of carbonyl (C=O) groups excluding carboxylic acids is 1. The maximum atomic E-state index is 13.2. The molecule has 0 amide bonds. The van der Waals surface area contributed by atoms with E-state index in [9.17, 15) is 9.90 Å². The first-order valence-electron chi connectivity index (χ1n) is 10.8. The number of phenolic OH excluding ortho intramolecular Hbond substituents is 1. The number of benzene rings is 4. The number of rotatable bonds is 5. The van der Waals surface area contributed by atoms with Crippen LogP contribution < -0.4 is 4.74 Å². The van der Waals surface area contributed by atoms with E-state index in [1.54, 1.807) is 6.07 Å². The lowest BCUT2D eigenvalue weighted by Crippen LogP contribution is -2.13. The molecular formula is C29H27O3S+. The molecule has 4 aromatic rings. The van der Waals surface area contributed by atoms with E-state index in [2.05, 4.69) is 30.3 Å². The zero-order valence-electron chi connectivity index (χ0n) is 19.3. The van der Waals surface area contributed by atoms with Crippen LogP contribution in [0.1, 0.15) is 32.6 Å². The van der Waals surface area contributed by atoms with Crippen molar-refractivity contribution in [3.05, 3.63) is 113 Å². The standard InChI is InChI=1S/C29H26O3S/c1-19-21(3)28(22(4)20(2)27(19)30)32-29(31)23-12-11-17-26(18-23)33(24-13-7-5-8-14-24)25-15-9-6-10-16-25/h5-18H,1-4H3/p+1. The van der Waals surface area contributed by atoms with Gasteiger partial charge in [-0.3, -0.25) is 0 Å². The molecule has 4 aromatic carbocycles. The van der Waals surface area contributed by atoms with Crippen molar-refractivity contribution < 1.29 is 14.6 Å². The third kappa shape index (κ3) is 4.53. The highest BCUT2D eigenvalue weighted by Gasteiger charge is 2.29. The number of phenols is 1. The maximum Gasteiger partial charge on any atom is 0.343 e. The highest BCUT2D eigenvalue weighted by atomic mass is 32.2. The molecule has 0 saturated carbocycles. The van der Waals surface area contributed by atoms with Gasteiger partial charge in [0, 0.05) is 6.07 Å². The van der Waals surface area contributed by atoms with Crippen LogP contribution in [0.25, 0.3) is 0 Å². The minimum absolute atomic E-state index is 0.251. The molecular weight excluding hydrogens is 428 g/mol. The molecule has 0 radical (unpaired) electrons. The van der Waals surface area contributed by atoms with Gasteiger partial charge >= 0.3 is 5.97 Å². The van der Waals surface area contributed by atoms with Crippen LogP contribution in [-0.2, 0) is 10.9 Å². The van der Waals surface area contributed by atoms with E-state index >= 15 is 0 Å². The summed E-state index contributed by atoms with van der Waals surface area (Å²) in [5, 5.41) is 10.3. The van der Waals surface area contributed by atoms with E-state index in [1.807, 2.05) is 76.2 Å². The summed E-state index contributed by atoms with van der Waals surface area (Å²) in [5.74, 6) is 0.363. The van der Waals surface area contributed by atoms with Gasteiger partial charge in [-0.2, -0.15) is 0 Å². The molecule has 4 rings (SSSR count). The van der Waals surface area contributed by atoms with Gasteiger partial charge in [-0.1, -0.05) is 42.5 Å². The monoisotopic (exact) mass is 455 g/mol. The smallest absolute Gasteiger partial charge is 0.343 e. The molecule has 3 nitrogen and oxygen atoms in total. The van der Waals surface area contributed by atoms with Crippen molar-refractivity contribution in [2.75, 3.05) is 0 Å². The van der Waals surface area contributed by atoms with Crippen molar-refractivity contribution in [3.63, 3.8) is 0 Å². The van der Waals surface area contributed by atoms with Crippen molar-refractivity contribution in [2.45, 2.75) is 42.4 Å². The van der Waals surface area contributed by atoms with Crippen molar-refractivity contribution >= 4 is 16.9 Å². The second-order valence-corrected chi connectivity index (χ2v) is 10.1. The summed E-state index contributed by atoms with van der Waals surface area (Å²) >= 11 is 0. The summed E-state index contributed by atoms with van der Waals surface area (Å²) in [7, 11) is -0.348. The summed E-state index contributed by atoms with van der Waals surface area (Å²) in [6.45, 7) is 7.40. The molecule has 0 fully saturated rings. The first-order valence-corrected chi connectivity index (χ1v) is 12.1. The summed E-state index contributed by atoms with van der Waals surface area (Å²) in [5.41, 5.74) is 3.50. The lowest BCUT2D eigenvalue weighted by molar-refractivity contribution is 0.0731. The number of ether oxygens (including phenoxy) is 1. The SMILES string of the molecule is Cc1c(C)c(OC(=O)c2cccc([S+](c3ccccc3)c3ccccc3)c2)c(C)c(C)c1O. The predicted octanol–water partition coefficient (Wildman–Crippen LogP) is 6.94. The van der Waals surface area contributed by atoms with E-state index in [0.29, 0.717) is 11.3 Å². The Labute approximate surface area is 198 Å². The third-order valence-electron chi connectivity index (χ3n) is 5.97. The summed E-state index contributed by atoms with van der Waals surface area (Å²) in [4.78, 5) is 16.6. The highest BCUT2D eigenvalue weighted by Crippen LogP contribution is 2.37. The molecule has 0 aliphatic carbocycles. The Morgan fingerprint density at radius 1 is 0.667 bits per heavy atom. The van der Waals surface area contributed by atoms with Gasteiger partial charge < -0.3 is 9.84 Å². The fourth-order valence-corrected chi connectivity index (χ4v) is 5.97. The Balaban J connectivity index is 1.73. The van der Waals surface area contributed by atoms with Gasteiger partial charge in [-0.25, -0.2) is 4.79 Å². The number of carbonyl (C=O) groups is 1. The van der Waals surface area contributed by atoms with Gasteiger partial charge in [-0.05, 0) is 86.3 Å². The lowest BCUT2D eigenvalue weighted by Gasteiger charge is -2.17. The molecule has 0 aliphatic rings. The van der Waals surface area contributed by atoms with E-state index in [-0.39, 0.29) is 16.6 Å². The van der Waals surface area contributed by atoms with Gasteiger partial charge in [0.1, 0.15) is 11.5 Å². The van der Waals surface area contributed by atoms with E-state index in [4.69, 9.17) is 4.74 Å². The largest absolute Gasteiger partial charge is 0.507 e. The lowest BCUT2D eigenvalue weighted by atomic mass is 9.98. The molecule has 0 unspecified atom stereocenters. The number of hydrogen-bond donors (Lipinski definition) is 1. The van der Waals surface area contributed by atoms with Crippen LogP contribution in [0.2, 0.25) is 0 Å². The van der Waals surface area contributed by atoms with Crippen LogP contribution in [0.15, 0.2) is 99.6 Å². The van der Waals surface area contributed by atoms with Gasteiger partial charge in [0.25, 0.3) is 0 Å². The van der Waals surface area contributed by atoms with Crippen molar-refractivity contribution in [1.29, 1.82) is 0 Å². The summed E-state index contributed by atoms with van der Waals surface area (Å²) < 4.78 is 5.88. The molecule has 0 aliphatic heterocycles. The molecule has 0 saturated heterocycles. The second kappa shape index (κ2) is 9.55. The van der Waals surface area contributed by atoms with Gasteiger partial charge in [-0.15, -0.1) is 0 Å². The molecule has 0 bridgehead atoms. The Hall–Kier alpha value is -3.50. The highest BCUT2D eigenvalue weighted by molar-refractivity contribution is 7.97. The Bertz CT molecular complexity index is 1230. The molecule has 4 heteroatoms. The normalized spacial score (nSPS) is 10.9. The second-order valence-electron chi connectivity index (χ2n) is 8.03. The average Bonchev–Trinajstić information content (AvgIpc) is 2.86. The molecule has 166 valence electrons. The molecule has 0 spiro atoms. The minimum atomic E-state index is -0.405. The Kier molecular flexibility index (Phi) is 6.57. The van der Waals surface area contributed by atoms with E-state index in [0.717, 1.165) is 27.1 Å². The first-order chi connectivity index (χ1) is 15.9. The molecule has 0 aromatic heterocycles. The van der Waals surface area contributed by atoms with Crippen LogP contribution in [-0.4, -0.2) is 11.1 Å². The van der Waals surface area contributed by atoms with Gasteiger partial charge in [0.05, 0.1) is 16.5 Å². The van der Waals surface area contributed by atoms with Crippen LogP contribution in [0, 0.1) is 27.7 Å². The molecule has 0 atom stereocenters. The van der Waals surface area contributed by atoms with E-state index in [1.165, 1.54) is 9.79 Å². The van der Waals surface area contributed by atoms with Crippen LogP contribution in [0.4, 0.5) is 0 Å². The minimum Gasteiger partial charge on any atom is -0.507 e. The summed E-state index contributed by atoms with van der Waals surface area (Å²) in [6, 6.07) is 28.3. The first kappa shape index (κ1) is 22.7. The Morgan fingerprint density at radius 3 is 1.67 bits per heavy atom. The van der Waals surface area contributed by atoms with Crippen molar-refractivity contribution in [1.82, 2.24) is 0 Å². The number of aromatic hydroxyl groups is 1. The average molecular weight is 456 g/mol. The molecule has 33 heavy (non-hydrogen) atoms. The van der Waals surface area contributed by atoms with Crippen molar-refractivity contribution in [3.8, 4) is 11.5 Å². The summed E-state index contributed by atoms with van der Waals surface area (Å²) in [6.07, 6.45) is 0. The van der Waals surface area contributed by atoms with Crippen LogP contribution >= 0.6 is 0 Å². The maximum absolute atomic E-state index is 13.2. The van der Waals surface area contributed by atoms with Crippen molar-refractivity contribution in [2.24, 2.45) is 0 Å². The van der Waals surface area contributed by atoms with Gasteiger partial charge in [0.15, 0.2) is 14.7 Å². The number of hydrogen-bond acceptors (Lipinski definition) is 3. The van der Waals surface area contributed by atoms with Crippen LogP contribution in [0.5, 0.6) is 11.5 Å². The predicted molar refractivity (Wildman–Crippen MR) is 134 cm³/mol. The van der Waals surface area contributed by atoms with Crippen LogP contribution in [0.3, 0.4) is 0 Å². The quantitative estimate of drug-likeness (QED) is 0.201. The van der Waals surface area contributed by atoms with Gasteiger partial charge in [0.2, 0.25) is 0 Å². The molecule has 0 heterocycles. The fraction of sp³-hybridized carbons (Fsp3) is 0.138.